The van der Waals surface area contributed by atoms with Crippen molar-refractivity contribution >= 4 is 11.6 Å². The lowest BCUT2D eigenvalue weighted by molar-refractivity contribution is -0.122. The molecule has 5 nitrogen and oxygen atoms in total. The standard InChI is InChI=1S/C19H18N4O/c1-19(15-10-6-7-11-17(15)22(2)18(19)24)13-23-12-16(20-21-23)14-8-4-3-5-9-14/h3-12H,13H2,1-2H3. The fraction of sp³-hybridized carbons (Fsp3) is 0.211. The van der Waals surface area contributed by atoms with E-state index in [2.05, 4.69) is 10.3 Å². The molecule has 0 spiro atoms. The van der Waals surface area contributed by atoms with Gasteiger partial charge in [-0.05, 0) is 18.6 Å². The summed E-state index contributed by atoms with van der Waals surface area (Å²) < 4.78 is 1.76. The second kappa shape index (κ2) is 5.30. The fourth-order valence-corrected chi connectivity index (χ4v) is 3.42. The van der Waals surface area contributed by atoms with Crippen molar-refractivity contribution in [2.24, 2.45) is 0 Å². The highest BCUT2D eigenvalue weighted by atomic mass is 16.2. The molecule has 1 unspecified atom stereocenters. The van der Waals surface area contributed by atoms with E-state index in [0.717, 1.165) is 22.5 Å². The van der Waals surface area contributed by atoms with Crippen LogP contribution in [-0.4, -0.2) is 27.9 Å². The third-order valence-electron chi connectivity index (χ3n) is 4.72. The quantitative estimate of drug-likeness (QED) is 0.746. The van der Waals surface area contributed by atoms with Crippen LogP contribution in [0.25, 0.3) is 11.3 Å². The topological polar surface area (TPSA) is 51.0 Å². The van der Waals surface area contributed by atoms with Crippen molar-refractivity contribution in [1.29, 1.82) is 0 Å². The van der Waals surface area contributed by atoms with Gasteiger partial charge < -0.3 is 4.90 Å². The third-order valence-corrected chi connectivity index (χ3v) is 4.72. The maximum atomic E-state index is 12.8. The molecule has 0 N–H and O–H groups in total. The van der Waals surface area contributed by atoms with Crippen LogP contribution in [0.15, 0.2) is 60.8 Å². The van der Waals surface area contributed by atoms with Crippen LogP contribution in [0.3, 0.4) is 0 Å². The van der Waals surface area contributed by atoms with Crippen molar-refractivity contribution in [2.75, 3.05) is 11.9 Å². The van der Waals surface area contributed by atoms with Gasteiger partial charge in [-0.3, -0.25) is 9.48 Å². The molecule has 5 heteroatoms. The zero-order chi connectivity index (χ0) is 16.7. The molecular weight excluding hydrogens is 300 g/mol. The van der Waals surface area contributed by atoms with Crippen LogP contribution in [0.2, 0.25) is 0 Å². The minimum atomic E-state index is -0.632. The molecule has 120 valence electrons. The Labute approximate surface area is 140 Å². The highest BCUT2D eigenvalue weighted by Crippen LogP contribution is 2.41. The smallest absolute Gasteiger partial charge is 0.239 e. The van der Waals surface area contributed by atoms with Crippen LogP contribution in [0.1, 0.15) is 12.5 Å². The number of anilines is 1. The summed E-state index contributed by atoms with van der Waals surface area (Å²) >= 11 is 0. The summed E-state index contributed by atoms with van der Waals surface area (Å²) in [6.45, 7) is 2.44. The summed E-state index contributed by atoms with van der Waals surface area (Å²) in [7, 11) is 1.82. The first-order valence-electron chi connectivity index (χ1n) is 7.93. The molecule has 2 heterocycles. The Morgan fingerprint density at radius 2 is 1.75 bits per heavy atom. The van der Waals surface area contributed by atoms with E-state index in [1.54, 1.807) is 9.58 Å². The van der Waals surface area contributed by atoms with Crippen LogP contribution >= 0.6 is 0 Å². The minimum absolute atomic E-state index is 0.0838. The van der Waals surface area contributed by atoms with E-state index in [-0.39, 0.29) is 5.91 Å². The van der Waals surface area contributed by atoms with Crippen molar-refractivity contribution in [1.82, 2.24) is 15.0 Å². The molecule has 0 saturated heterocycles. The number of aromatic nitrogens is 3. The van der Waals surface area contributed by atoms with E-state index >= 15 is 0 Å². The SMILES string of the molecule is CN1C(=O)C(C)(Cn2cc(-c3ccccc3)nn2)c2ccccc21. The minimum Gasteiger partial charge on any atom is -0.314 e. The lowest BCUT2D eigenvalue weighted by Crippen LogP contribution is -2.39. The monoisotopic (exact) mass is 318 g/mol. The number of hydrogen-bond donors (Lipinski definition) is 0. The predicted molar refractivity (Wildman–Crippen MR) is 92.7 cm³/mol. The van der Waals surface area contributed by atoms with Gasteiger partial charge in [0.15, 0.2) is 0 Å². The van der Waals surface area contributed by atoms with Gasteiger partial charge in [-0.25, -0.2) is 0 Å². The van der Waals surface area contributed by atoms with Crippen molar-refractivity contribution in [3.63, 3.8) is 0 Å². The van der Waals surface area contributed by atoms with E-state index in [0.29, 0.717) is 6.54 Å². The van der Waals surface area contributed by atoms with Crippen molar-refractivity contribution < 1.29 is 4.79 Å². The zero-order valence-electron chi connectivity index (χ0n) is 13.7. The molecule has 3 aromatic rings. The number of amides is 1. The Kier molecular flexibility index (Phi) is 3.23. The molecular formula is C19H18N4O. The second-order valence-corrected chi connectivity index (χ2v) is 6.38. The summed E-state index contributed by atoms with van der Waals surface area (Å²) in [5, 5.41) is 8.48. The molecule has 24 heavy (non-hydrogen) atoms. The summed E-state index contributed by atoms with van der Waals surface area (Å²) in [6.07, 6.45) is 1.90. The Morgan fingerprint density at radius 3 is 2.54 bits per heavy atom. The number of rotatable bonds is 3. The van der Waals surface area contributed by atoms with Gasteiger partial charge in [-0.2, -0.15) is 0 Å². The van der Waals surface area contributed by atoms with Crippen LogP contribution in [0.4, 0.5) is 5.69 Å². The largest absolute Gasteiger partial charge is 0.314 e. The van der Waals surface area contributed by atoms with Gasteiger partial charge in [0, 0.05) is 18.3 Å². The van der Waals surface area contributed by atoms with Crippen molar-refractivity contribution in [3.05, 3.63) is 66.4 Å². The van der Waals surface area contributed by atoms with Crippen LogP contribution in [0.5, 0.6) is 0 Å². The number of carbonyl (C=O) groups is 1. The average Bonchev–Trinajstić information content (AvgIpc) is 3.15. The molecule has 1 aliphatic heterocycles. The van der Waals surface area contributed by atoms with Crippen LogP contribution in [0, 0.1) is 0 Å². The fourth-order valence-electron chi connectivity index (χ4n) is 3.42. The maximum Gasteiger partial charge on any atom is 0.239 e. The zero-order valence-corrected chi connectivity index (χ0v) is 13.7. The molecule has 4 rings (SSSR count). The normalized spacial score (nSPS) is 19.6. The lowest BCUT2D eigenvalue weighted by atomic mass is 9.84. The number of fused-ring (bicyclic) bond motifs is 1. The molecule has 2 aromatic carbocycles. The summed E-state index contributed by atoms with van der Waals surface area (Å²) in [5.74, 6) is 0.0838. The second-order valence-electron chi connectivity index (χ2n) is 6.38. The number of para-hydroxylation sites is 1. The van der Waals surface area contributed by atoms with Gasteiger partial charge in [-0.1, -0.05) is 53.7 Å². The number of benzene rings is 2. The Balaban J connectivity index is 1.69. The molecule has 1 aliphatic rings. The molecule has 1 atom stereocenters. The Bertz CT molecular complexity index is 902. The average molecular weight is 318 g/mol. The molecule has 0 bridgehead atoms. The highest BCUT2D eigenvalue weighted by Gasteiger charge is 2.46. The van der Waals surface area contributed by atoms with E-state index in [1.165, 1.54) is 0 Å². The summed E-state index contributed by atoms with van der Waals surface area (Å²) in [5.41, 5.74) is 3.20. The molecule has 0 fully saturated rings. The number of carbonyl (C=O) groups excluding carboxylic acids is 1. The van der Waals surface area contributed by atoms with Gasteiger partial charge in [0.1, 0.15) is 5.69 Å². The van der Waals surface area contributed by atoms with Crippen molar-refractivity contribution in [2.45, 2.75) is 18.9 Å². The molecule has 1 amide bonds. The number of likely N-dealkylation sites (N-methyl/N-ethyl adjacent to an activating group) is 1. The van der Waals surface area contributed by atoms with Gasteiger partial charge in [-0.15, -0.1) is 5.10 Å². The van der Waals surface area contributed by atoms with Gasteiger partial charge in [0.25, 0.3) is 0 Å². The maximum absolute atomic E-state index is 12.8. The van der Waals surface area contributed by atoms with Crippen LogP contribution < -0.4 is 4.90 Å². The first-order valence-corrected chi connectivity index (χ1v) is 7.93. The Morgan fingerprint density at radius 1 is 1.04 bits per heavy atom. The first kappa shape index (κ1) is 14.6. The molecule has 0 radical (unpaired) electrons. The van der Waals surface area contributed by atoms with E-state index < -0.39 is 5.41 Å². The van der Waals surface area contributed by atoms with Crippen molar-refractivity contribution in [3.8, 4) is 11.3 Å². The Hall–Kier alpha value is -2.95. The van der Waals surface area contributed by atoms with E-state index in [9.17, 15) is 4.79 Å². The van der Waals surface area contributed by atoms with Gasteiger partial charge in [0.05, 0.1) is 18.2 Å². The summed E-state index contributed by atoms with van der Waals surface area (Å²) in [4.78, 5) is 14.6. The van der Waals surface area contributed by atoms with E-state index in [4.69, 9.17) is 0 Å². The predicted octanol–water partition coefficient (Wildman–Crippen LogP) is 2.88. The number of hydrogen-bond acceptors (Lipinski definition) is 3. The molecule has 0 aliphatic carbocycles. The molecule has 0 saturated carbocycles. The first-order chi connectivity index (χ1) is 11.6. The molecule has 1 aromatic heterocycles. The van der Waals surface area contributed by atoms with Crippen LogP contribution in [-0.2, 0) is 16.8 Å². The highest BCUT2D eigenvalue weighted by molar-refractivity contribution is 6.07. The van der Waals surface area contributed by atoms with Gasteiger partial charge >= 0.3 is 0 Å². The summed E-state index contributed by atoms with van der Waals surface area (Å²) in [6, 6.07) is 17.8. The third kappa shape index (κ3) is 2.12. The lowest BCUT2D eigenvalue weighted by Gasteiger charge is -2.22. The van der Waals surface area contributed by atoms with E-state index in [1.807, 2.05) is 74.8 Å². The van der Waals surface area contributed by atoms with Gasteiger partial charge in [0.2, 0.25) is 5.91 Å². The number of nitrogens with zero attached hydrogens (tertiary/aromatic N) is 4.